The summed E-state index contributed by atoms with van der Waals surface area (Å²) in [5.41, 5.74) is 2.86. The standard InChI is InChI=1S/C30H36ClN3O4S/c1-5-23(3)32-30(36)28(19-24-11-7-6-8-12-24)33(20-25-13-9-10-14-27(25)31)29(35)21-34(39(4,37)38)26-17-15-22(2)16-18-26/h6-18,23,28H,5,19-21H2,1-4H3,(H,32,36). The summed E-state index contributed by atoms with van der Waals surface area (Å²) in [5, 5.41) is 3.46. The van der Waals surface area contributed by atoms with Crippen LogP contribution in [0.4, 0.5) is 5.69 Å². The zero-order chi connectivity index (χ0) is 28.6. The van der Waals surface area contributed by atoms with Crippen LogP contribution in [0.2, 0.25) is 5.02 Å². The average Bonchev–Trinajstić information content (AvgIpc) is 2.90. The van der Waals surface area contributed by atoms with Gasteiger partial charge < -0.3 is 10.2 Å². The van der Waals surface area contributed by atoms with Crippen LogP contribution in [-0.2, 0) is 32.6 Å². The molecule has 0 aliphatic heterocycles. The van der Waals surface area contributed by atoms with Gasteiger partial charge in [-0.2, -0.15) is 0 Å². The summed E-state index contributed by atoms with van der Waals surface area (Å²) < 4.78 is 26.7. The number of rotatable bonds is 12. The van der Waals surface area contributed by atoms with Gasteiger partial charge >= 0.3 is 0 Å². The Morgan fingerprint density at radius 2 is 1.56 bits per heavy atom. The van der Waals surface area contributed by atoms with Crippen LogP contribution in [0.15, 0.2) is 78.9 Å². The lowest BCUT2D eigenvalue weighted by atomic mass is 10.0. The fourth-order valence-electron chi connectivity index (χ4n) is 4.13. The summed E-state index contributed by atoms with van der Waals surface area (Å²) in [6.07, 6.45) is 2.04. The zero-order valence-corrected chi connectivity index (χ0v) is 24.4. The Morgan fingerprint density at radius 3 is 2.15 bits per heavy atom. The summed E-state index contributed by atoms with van der Waals surface area (Å²) in [6.45, 7) is 5.34. The molecule has 0 spiro atoms. The van der Waals surface area contributed by atoms with E-state index in [4.69, 9.17) is 11.6 Å². The van der Waals surface area contributed by atoms with Gasteiger partial charge in [-0.15, -0.1) is 0 Å². The monoisotopic (exact) mass is 569 g/mol. The van der Waals surface area contributed by atoms with Crippen molar-refractivity contribution in [3.63, 3.8) is 0 Å². The second-order valence-electron chi connectivity index (χ2n) is 9.74. The van der Waals surface area contributed by atoms with E-state index in [1.807, 2.05) is 57.2 Å². The van der Waals surface area contributed by atoms with Crippen LogP contribution < -0.4 is 9.62 Å². The molecule has 0 radical (unpaired) electrons. The van der Waals surface area contributed by atoms with E-state index >= 15 is 0 Å². The third-order valence-electron chi connectivity index (χ3n) is 6.57. The molecule has 2 unspecified atom stereocenters. The van der Waals surface area contributed by atoms with Crippen LogP contribution in [-0.4, -0.2) is 50.0 Å². The van der Waals surface area contributed by atoms with Crippen LogP contribution in [0.5, 0.6) is 0 Å². The molecule has 3 aromatic rings. The number of nitrogens with one attached hydrogen (secondary N) is 1. The van der Waals surface area contributed by atoms with Crippen molar-refractivity contribution in [2.75, 3.05) is 17.1 Å². The summed E-state index contributed by atoms with van der Waals surface area (Å²) in [5.74, 6) is -0.823. The van der Waals surface area contributed by atoms with Gasteiger partial charge in [-0.3, -0.25) is 13.9 Å². The first kappa shape index (κ1) is 30.2. The van der Waals surface area contributed by atoms with Gasteiger partial charge in [0, 0.05) is 24.0 Å². The minimum Gasteiger partial charge on any atom is -0.352 e. The molecule has 0 saturated carbocycles. The third kappa shape index (κ3) is 8.57. The second-order valence-corrected chi connectivity index (χ2v) is 12.1. The Labute approximate surface area is 236 Å². The fraction of sp³-hybridized carbons (Fsp3) is 0.333. The van der Waals surface area contributed by atoms with Crippen molar-refractivity contribution in [3.8, 4) is 0 Å². The van der Waals surface area contributed by atoms with Crippen LogP contribution in [0.3, 0.4) is 0 Å². The van der Waals surface area contributed by atoms with Gasteiger partial charge in [0.2, 0.25) is 21.8 Å². The highest BCUT2D eigenvalue weighted by Crippen LogP contribution is 2.23. The number of hydrogen-bond acceptors (Lipinski definition) is 4. The van der Waals surface area contributed by atoms with Crippen LogP contribution in [0.25, 0.3) is 0 Å². The number of nitrogens with zero attached hydrogens (tertiary/aromatic N) is 2. The lowest BCUT2D eigenvalue weighted by molar-refractivity contribution is -0.140. The fourth-order valence-corrected chi connectivity index (χ4v) is 5.18. The quantitative estimate of drug-likeness (QED) is 0.334. The van der Waals surface area contributed by atoms with Crippen molar-refractivity contribution < 1.29 is 18.0 Å². The van der Waals surface area contributed by atoms with Crippen molar-refractivity contribution in [2.24, 2.45) is 0 Å². The smallest absolute Gasteiger partial charge is 0.244 e. The third-order valence-corrected chi connectivity index (χ3v) is 8.08. The van der Waals surface area contributed by atoms with Gasteiger partial charge in [-0.25, -0.2) is 8.42 Å². The minimum absolute atomic E-state index is 0.0371. The first-order valence-electron chi connectivity index (χ1n) is 12.9. The first-order chi connectivity index (χ1) is 18.5. The highest BCUT2D eigenvalue weighted by Gasteiger charge is 2.33. The predicted molar refractivity (Wildman–Crippen MR) is 157 cm³/mol. The van der Waals surface area contributed by atoms with Gasteiger partial charge in [-0.1, -0.05) is 84.8 Å². The Bertz CT molecular complexity index is 1360. The maximum Gasteiger partial charge on any atom is 0.244 e. The molecule has 0 fully saturated rings. The number of aryl methyl sites for hydroxylation is 1. The summed E-state index contributed by atoms with van der Waals surface area (Å²) in [4.78, 5) is 29.1. The van der Waals surface area contributed by atoms with E-state index in [1.165, 1.54) is 4.90 Å². The van der Waals surface area contributed by atoms with Crippen molar-refractivity contribution in [2.45, 2.75) is 52.2 Å². The molecule has 0 aliphatic carbocycles. The SMILES string of the molecule is CCC(C)NC(=O)C(Cc1ccccc1)N(Cc1ccccc1Cl)C(=O)CN(c1ccc(C)cc1)S(C)(=O)=O. The number of carbonyl (C=O) groups excluding carboxylic acids is 2. The molecule has 2 amide bonds. The molecule has 3 rings (SSSR count). The van der Waals surface area contributed by atoms with E-state index in [0.717, 1.165) is 28.1 Å². The van der Waals surface area contributed by atoms with Crippen LogP contribution >= 0.6 is 11.6 Å². The molecular formula is C30H36ClN3O4S. The van der Waals surface area contributed by atoms with Crippen molar-refractivity contribution >= 4 is 39.1 Å². The van der Waals surface area contributed by atoms with Crippen LogP contribution in [0, 0.1) is 6.92 Å². The van der Waals surface area contributed by atoms with E-state index in [-0.39, 0.29) is 24.9 Å². The van der Waals surface area contributed by atoms with E-state index in [0.29, 0.717) is 16.3 Å². The van der Waals surface area contributed by atoms with E-state index < -0.39 is 28.5 Å². The van der Waals surface area contributed by atoms with Gasteiger partial charge in [0.25, 0.3) is 0 Å². The maximum atomic E-state index is 14.0. The molecule has 1 N–H and O–H groups in total. The first-order valence-corrected chi connectivity index (χ1v) is 15.1. The van der Waals surface area contributed by atoms with Crippen molar-refractivity contribution in [1.29, 1.82) is 0 Å². The van der Waals surface area contributed by atoms with Crippen molar-refractivity contribution in [1.82, 2.24) is 10.2 Å². The molecule has 7 nitrogen and oxygen atoms in total. The molecule has 3 aromatic carbocycles. The number of hydrogen-bond donors (Lipinski definition) is 1. The van der Waals surface area contributed by atoms with Gasteiger partial charge in [0.1, 0.15) is 12.6 Å². The summed E-state index contributed by atoms with van der Waals surface area (Å²) in [7, 11) is -3.81. The lowest BCUT2D eigenvalue weighted by Crippen LogP contribution is -2.54. The highest BCUT2D eigenvalue weighted by molar-refractivity contribution is 7.92. The minimum atomic E-state index is -3.81. The molecule has 0 aliphatic rings. The predicted octanol–water partition coefficient (Wildman–Crippen LogP) is 4.97. The highest BCUT2D eigenvalue weighted by atomic mass is 35.5. The van der Waals surface area contributed by atoms with Crippen molar-refractivity contribution in [3.05, 3.63) is 101 Å². The summed E-state index contributed by atoms with van der Waals surface area (Å²) in [6, 6.07) is 22.5. The Hall–Kier alpha value is -3.36. The van der Waals surface area contributed by atoms with Crippen LogP contribution in [0.1, 0.15) is 37.0 Å². The number of halogens is 1. The van der Waals surface area contributed by atoms with Gasteiger partial charge in [0.05, 0.1) is 11.9 Å². The molecule has 0 saturated heterocycles. The molecule has 0 bridgehead atoms. The molecule has 2 atom stereocenters. The topological polar surface area (TPSA) is 86.8 Å². The molecule has 208 valence electrons. The Kier molecular flexibility index (Phi) is 10.5. The Balaban J connectivity index is 2.06. The number of anilines is 1. The van der Waals surface area contributed by atoms with E-state index in [1.54, 1.807) is 42.5 Å². The molecule has 39 heavy (non-hydrogen) atoms. The second kappa shape index (κ2) is 13.6. The molecule has 9 heteroatoms. The molecule has 0 heterocycles. The van der Waals surface area contributed by atoms with Gasteiger partial charge in [0.15, 0.2) is 0 Å². The average molecular weight is 570 g/mol. The molecular weight excluding hydrogens is 534 g/mol. The lowest BCUT2D eigenvalue weighted by Gasteiger charge is -2.34. The van der Waals surface area contributed by atoms with E-state index in [2.05, 4.69) is 5.32 Å². The zero-order valence-electron chi connectivity index (χ0n) is 22.8. The number of amides is 2. The Morgan fingerprint density at radius 1 is 0.949 bits per heavy atom. The molecule has 0 aromatic heterocycles. The largest absolute Gasteiger partial charge is 0.352 e. The summed E-state index contributed by atoms with van der Waals surface area (Å²) >= 11 is 6.47. The van der Waals surface area contributed by atoms with Gasteiger partial charge in [-0.05, 0) is 49.6 Å². The maximum absolute atomic E-state index is 14.0. The van der Waals surface area contributed by atoms with E-state index in [9.17, 15) is 18.0 Å². The number of benzene rings is 3. The normalized spacial score (nSPS) is 12.8. The number of sulfonamides is 1. The number of carbonyl (C=O) groups is 2.